The molecular weight excluding hydrogens is 350 g/mol. The summed E-state index contributed by atoms with van der Waals surface area (Å²) in [5.41, 5.74) is -0.955. The van der Waals surface area contributed by atoms with E-state index in [2.05, 4.69) is 16.0 Å². The van der Waals surface area contributed by atoms with E-state index in [1.165, 1.54) is 0 Å². The van der Waals surface area contributed by atoms with Crippen molar-refractivity contribution >= 4 is 6.03 Å². The average molecular weight is 383 g/mol. The van der Waals surface area contributed by atoms with E-state index in [1.54, 1.807) is 27.8 Å². The maximum Gasteiger partial charge on any atom is 0.314 e. The van der Waals surface area contributed by atoms with Crippen LogP contribution in [0.2, 0.25) is 0 Å². The SMILES string of the molecule is CNCC(O)CC(O)OCOC(O)OC(C)(C)CNC(=O)NCC(C)O. The van der Waals surface area contributed by atoms with Gasteiger partial charge in [-0.05, 0) is 27.8 Å². The Balaban J connectivity index is 3.98. The molecule has 0 spiro atoms. The fourth-order valence-corrected chi connectivity index (χ4v) is 1.74. The monoisotopic (exact) mass is 383 g/mol. The largest absolute Gasteiger partial charge is 0.392 e. The molecule has 0 fully saturated rings. The maximum absolute atomic E-state index is 11.5. The Kier molecular flexibility index (Phi) is 12.6. The summed E-state index contributed by atoms with van der Waals surface area (Å²) in [5, 5.41) is 45.5. The number of hydrogen-bond donors (Lipinski definition) is 7. The summed E-state index contributed by atoms with van der Waals surface area (Å²) in [6.07, 6.45) is -2.70. The molecule has 0 rings (SSSR count). The molecule has 0 saturated carbocycles. The summed E-state index contributed by atoms with van der Waals surface area (Å²) < 4.78 is 15.0. The number of nitrogens with one attached hydrogen (secondary N) is 3. The maximum atomic E-state index is 11.5. The van der Waals surface area contributed by atoms with Crippen LogP contribution in [0.1, 0.15) is 27.2 Å². The standard InChI is InChI=1S/C15H33N3O8/c1-10(19)6-17-13(22)18-8-15(2,3)26-14(23)25-9-24-12(21)5-11(20)7-16-4/h10-12,14,16,19-21,23H,5-9H2,1-4H3,(H2,17,18,22). The predicted octanol–water partition coefficient (Wildman–Crippen LogP) is -1.98. The van der Waals surface area contributed by atoms with Gasteiger partial charge in [-0.25, -0.2) is 4.79 Å². The Hall–Kier alpha value is -1.05. The van der Waals surface area contributed by atoms with E-state index in [4.69, 9.17) is 19.3 Å². The lowest BCUT2D eigenvalue weighted by molar-refractivity contribution is -0.334. The zero-order valence-corrected chi connectivity index (χ0v) is 15.8. The van der Waals surface area contributed by atoms with Crippen LogP contribution in [-0.2, 0) is 14.2 Å². The Morgan fingerprint density at radius 2 is 1.73 bits per heavy atom. The van der Waals surface area contributed by atoms with Gasteiger partial charge in [0.05, 0.1) is 17.8 Å². The van der Waals surface area contributed by atoms with E-state index in [1.807, 2.05) is 0 Å². The van der Waals surface area contributed by atoms with Gasteiger partial charge in [-0.15, -0.1) is 0 Å². The van der Waals surface area contributed by atoms with Crippen molar-refractivity contribution in [2.45, 2.75) is 57.8 Å². The first kappa shape index (κ1) is 24.9. The summed E-state index contributed by atoms with van der Waals surface area (Å²) >= 11 is 0. The molecule has 0 aromatic heterocycles. The fraction of sp³-hybridized carbons (Fsp3) is 0.933. The molecule has 11 heteroatoms. The number of carbonyl (C=O) groups is 1. The van der Waals surface area contributed by atoms with E-state index < -0.39 is 43.4 Å². The number of aliphatic hydroxyl groups is 4. The summed E-state index contributed by atoms with van der Waals surface area (Å²) in [6, 6.07) is -0.482. The number of carbonyl (C=O) groups excluding carboxylic acids is 1. The highest BCUT2D eigenvalue weighted by Gasteiger charge is 2.24. The second-order valence-corrected chi connectivity index (χ2v) is 6.45. The van der Waals surface area contributed by atoms with Gasteiger partial charge in [-0.1, -0.05) is 0 Å². The molecule has 0 saturated heterocycles. The molecule has 156 valence electrons. The van der Waals surface area contributed by atoms with Gasteiger partial charge in [0.25, 0.3) is 6.48 Å². The van der Waals surface area contributed by atoms with Crippen LogP contribution in [0.15, 0.2) is 0 Å². The molecule has 0 bridgehead atoms. The van der Waals surface area contributed by atoms with E-state index in [0.29, 0.717) is 6.54 Å². The molecule has 0 radical (unpaired) electrons. The number of rotatable bonds is 14. The number of aliphatic hydroxyl groups excluding tert-OH is 4. The number of hydrogen-bond acceptors (Lipinski definition) is 9. The van der Waals surface area contributed by atoms with Gasteiger partial charge < -0.3 is 50.6 Å². The smallest absolute Gasteiger partial charge is 0.314 e. The van der Waals surface area contributed by atoms with Crippen LogP contribution in [0.5, 0.6) is 0 Å². The minimum atomic E-state index is -1.64. The van der Waals surface area contributed by atoms with Crippen LogP contribution in [-0.4, -0.2) is 90.5 Å². The molecule has 26 heavy (non-hydrogen) atoms. The number of ether oxygens (including phenoxy) is 3. The van der Waals surface area contributed by atoms with Gasteiger partial charge in [0.2, 0.25) is 0 Å². The molecule has 4 atom stereocenters. The topological polar surface area (TPSA) is 162 Å². The predicted molar refractivity (Wildman–Crippen MR) is 91.8 cm³/mol. The molecule has 11 nitrogen and oxygen atoms in total. The normalized spacial score (nSPS) is 16.6. The molecule has 0 aliphatic rings. The van der Waals surface area contributed by atoms with Crippen molar-refractivity contribution < 1.29 is 39.4 Å². The van der Waals surface area contributed by atoms with Crippen LogP contribution in [0.3, 0.4) is 0 Å². The van der Waals surface area contributed by atoms with Gasteiger partial charge in [-0.3, -0.25) is 0 Å². The molecule has 4 unspecified atom stereocenters. The third kappa shape index (κ3) is 14.2. The molecule has 0 aliphatic carbocycles. The van der Waals surface area contributed by atoms with Crippen LogP contribution in [0.25, 0.3) is 0 Å². The third-order valence-corrected chi connectivity index (χ3v) is 3.04. The third-order valence-electron chi connectivity index (χ3n) is 3.04. The van der Waals surface area contributed by atoms with E-state index >= 15 is 0 Å². The van der Waals surface area contributed by atoms with Crippen molar-refractivity contribution in [1.29, 1.82) is 0 Å². The number of likely N-dealkylation sites (N-methyl/N-ethyl adjacent to an activating group) is 1. The summed E-state index contributed by atoms with van der Waals surface area (Å²) in [5.74, 6) is 0. The Bertz CT molecular complexity index is 384. The second-order valence-electron chi connectivity index (χ2n) is 6.45. The first-order valence-corrected chi connectivity index (χ1v) is 8.35. The van der Waals surface area contributed by atoms with Gasteiger partial charge >= 0.3 is 6.03 Å². The van der Waals surface area contributed by atoms with Gasteiger partial charge in [0.1, 0.15) is 0 Å². The first-order valence-electron chi connectivity index (χ1n) is 8.35. The van der Waals surface area contributed by atoms with Crippen LogP contribution < -0.4 is 16.0 Å². The lowest BCUT2D eigenvalue weighted by Crippen LogP contribution is -2.47. The fourth-order valence-electron chi connectivity index (χ4n) is 1.74. The average Bonchev–Trinajstić information content (AvgIpc) is 2.50. The molecular formula is C15H33N3O8. The van der Waals surface area contributed by atoms with Crippen molar-refractivity contribution in [2.24, 2.45) is 0 Å². The summed E-state index contributed by atoms with van der Waals surface area (Å²) in [4.78, 5) is 11.5. The summed E-state index contributed by atoms with van der Waals surface area (Å²) in [7, 11) is 1.67. The Morgan fingerprint density at radius 3 is 2.31 bits per heavy atom. The zero-order valence-electron chi connectivity index (χ0n) is 15.8. The molecule has 0 aliphatic heterocycles. The lowest BCUT2D eigenvalue weighted by Gasteiger charge is -2.28. The van der Waals surface area contributed by atoms with Gasteiger partial charge in [0.15, 0.2) is 13.1 Å². The first-order chi connectivity index (χ1) is 12.1. The van der Waals surface area contributed by atoms with Crippen molar-refractivity contribution in [2.75, 3.05) is 33.5 Å². The minimum absolute atomic E-state index is 0.0157. The highest BCUT2D eigenvalue weighted by atomic mass is 16.8. The molecule has 0 aromatic rings. The minimum Gasteiger partial charge on any atom is -0.392 e. The highest BCUT2D eigenvalue weighted by molar-refractivity contribution is 5.73. The molecule has 0 aromatic carbocycles. The Morgan fingerprint density at radius 1 is 1.08 bits per heavy atom. The van der Waals surface area contributed by atoms with E-state index in [-0.39, 0.29) is 19.5 Å². The van der Waals surface area contributed by atoms with Crippen LogP contribution >= 0.6 is 0 Å². The van der Waals surface area contributed by atoms with Gasteiger partial charge in [-0.2, -0.15) is 0 Å². The number of amides is 2. The highest BCUT2D eigenvalue weighted by Crippen LogP contribution is 2.11. The van der Waals surface area contributed by atoms with E-state index in [0.717, 1.165) is 0 Å². The molecule has 7 N–H and O–H groups in total. The zero-order chi connectivity index (χ0) is 20.2. The molecule has 0 heterocycles. The van der Waals surface area contributed by atoms with Gasteiger partial charge in [0, 0.05) is 26.1 Å². The lowest BCUT2D eigenvalue weighted by atomic mass is 10.1. The van der Waals surface area contributed by atoms with E-state index in [9.17, 15) is 20.1 Å². The van der Waals surface area contributed by atoms with Crippen molar-refractivity contribution in [3.8, 4) is 0 Å². The quantitative estimate of drug-likeness (QED) is 0.168. The second kappa shape index (κ2) is 13.2. The number of urea groups is 1. The Labute approximate surface area is 153 Å². The van der Waals surface area contributed by atoms with Crippen molar-refractivity contribution in [1.82, 2.24) is 16.0 Å². The van der Waals surface area contributed by atoms with Crippen molar-refractivity contribution in [3.63, 3.8) is 0 Å². The van der Waals surface area contributed by atoms with Crippen LogP contribution in [0.4, 0.5) is 4.79 Å². The van der Waals surface area contributed by atoms with Crippen molar-refractivity contribution in [3.05, 3.63) is 0 Å². The van der Waals surface area contributed by atoms with Crippen LogP contribution in [0, 0.1) is 0 Å². The summed E-state index contributed by atoms with van der Waals surface area (Å²) in [6.45, 7) is 3.19. The molecule has 2 amide bonds.